The second-order valence-electron chi connectivity index (χ2n) is 7.10. The van der Waals surface area contributed by atoms with Gasteiger partial charge in [0.05, 0.1) is 10.4 Å². The fourth-order valence-corrected chi connectivity index (χ4v) is 4.99. The van der Waals surface area contributed by atoms with Crippen molar-refractivity contribution in [1.29, 1.82) is 0 Å². The van der Waals surface area contributed by atoms with Gasteiger partial charge in [0.1, 0.15) is 5.39 Å². The van der Waals surface area contributed by atoms with Crippen molar-refractivity contribution in [2.45, 2.75) is 19.8 Å². The number of aromatic nitrogens is 2. The Morgan fingerprint density at radius 3 is 2.70 bits per heavy atom. The van der Waals surface area contributed by atoms with E-state index in [2.05, 4.69) is 43.8 Å². The van der Waals surface area contributed by atoms with E-state index in [-0.39, 0.29) is 16.5 Å². The highest BCUT2D eigenvalue weighted by Gasteiger charge is 2.22. The van der Waals surface area contributed by atoms with Gasteiger partial charge in [0.25, 0.3) is 11.1 Å². The van der Waals surface area contributed by atoms with E-state index in [1.165, 1.54) is 23.6 Å². The molecule has 3 heterocycles. The van der Waals surface area contributed by atoms with Crippen LogP contribution in [0.5, 0.6) is 0 Å². The van der Waals surface area contributed by atoms with Crippen LogP contribution in [-0.2, 0) is 6.42 Å². The SMILES string of the molecule is CCc1c(-c2ccc(N3CCC(CNC)C3)cc2)[nH]c(=O)c2c(=O)[nH]sc12. The molecule has 0 radical (unpaired) electrons. The van der Waals surface area contributed by atoms with Crippen molar-refractivity contribution in [2.75, 3.05) is 31.6 Å². The third kappa shape index (κ3) is 3.21. The number of rotatable bonds is 5. The lowest BCUT2D eigenvalue weighted by Crippen LogP contribution is -2.24. The molecule has 0 aliphatic carbocycles. The number of anilines is 1. The second kappa shape index (κ2) is 7.32. The quantitative estimate of drug-likeness (QED) is 0.632. The van der Waals surface area contributed by atoms with Crippen LogP contribution >= 0.6 is 11.5 Å². The minimum Gasteiger partial charge on any atom is -0.371 e. The van der Waals surface area contributed by atoms with E-state index in [9.17, 15) is 9.59 Å². The molecular weight excluding hydrogens is 360 g/mol. The first-order valence-electron chi connectivity index (χ1n) is 9.38. The zero-order valence-electron chi connectivity index (χ0n) is 15.6. The van der Waals surface area contributed by atoms with Crippen LogP contribution in [0.1, 0.15) is 18.9 Å². The van der Waals surface area contributed by atoms with Gasteiger partial charge in [-0.15, -0.1) is 0 Å². The van der Waals surface area contributed by atoms with Crippen molar-refractivity contribution in [3.63, 3.8) is 0 Å². The number of hydrogen-bond donors (Lipinski definition) is 3. The summed E-state index contributed by atoms with van der Waals surface area (Å²) < 4.78 is 3.45. The van der Waals surface area contributed by atoms with E-state index in [0.29, 0.717) is 5.92 Å². The minimum absolute atomic E-state index is 0.241. The Hall–Kier alpha value is -2.38. The predicted molar refractivity (Wildman–Crippen MR) is 112 cm³/mol. The molecule has 0 saturated carbocycles. The molecule has 6 nitrogen and oxygen atoms in total. The standard InChI is InChI=1S/C20H24N4O2S/c1-3-15-17(22-19(25)16-18(15)27-23-20(16)26)13-4-6-14(7-5-13)24-9-8-12(11-24)10-21-2/h4-7,12,21H,3,8-11H2,1-2H3,(H,22,25)(H,23,26). The summed E-state index contributed by atoms with van der Waals surface area (Å²) in [5.74, 6) is 0.691. The van der Waals surface area contributed by atoms with Gasteiger partial charge in [0.2, 0.25) is 0 Å². The lowest BCUT2D eigenvalue weighted by Gasteiger charge is -2.19. The molecule has 1 unspecified atom stereocenters. The van der Waals surface area contributed by atoms with E-state index < -0.39 is 0 Å². The van der Waals surface area contributed by atoms with Gasteiger partial charge >= 0.3 is 0 Å². The molecule has 27 heavy (non-hydrogen) atoms. The first kappa shape index (κ1) is 18.0. The van der Waals surface area contributed by atoms with E-state index >= 15 is 0 Å². The maximum absolute atomic E-state index is 12.4. The molecule has 1 atom stereocenters. The summed E-state index contributed by atoms with van der Waals surface area (Å²) in [7, 11) is 2.00. The molecule has 0 amide bonds. The first-order chi connectivity index (χ1) is 13.1. The van der Waals surface area contributed by atoms with Crippen LogP contribution in [0.15, 0.2) is 33.9 Å². The number of nitrogens with zero attached hydrogens (tertiary/aromatic N) is 1. The molecule has 1 aromatic carbocycles. The van der Waals surface area contributed by atoms with Crippen molar-refractivity contribution in [3.05, 3.63) is 50.5 Å². The Kier molecular flexibility index (Phi) is 4.88. The number of fused-ring (bicyclic) bond motifs is 1. The Morgan fingerprint density at radius 2 is 2.00 bits per heavy atom. The minimum atomic E-state index is -0.321. The van der Waals surface area contributed by atoms with E-state index in [1.807, 2.05) is 14.0 Å². The van der Waals surface area contributed by atoms with E-state index in [0.717, 1.165) is 47.6 Å². The Bertz CT molecular complexity index is 1060. The fourth-order valence-electron chi connectivity index (χ4n) is 4.03. The van der Waals surface area contributed by atoms with Crippen LogP contribution in [0.3, 0.4) is 0 Å². The molecule has 1 aliphatic rings. The molecule has 7 heteroatoms. The number of aryl methyl sites for hydroxylation is 1. The van der Waals surface area contributed by atoms with Gasteiger partial charge in [-0.3, -0.25) is 14.0 Å². The summed E-state index contributed by atoms with van der Waals surface area (Å²) >= 11 is 1.24. The number of benzene rings is 1. The summed E-state index contributed by atoms with van der Waals surface area (Å²) in [6.07, 6.45) is 1.95. The highest BCUT2D eigenvalue weighted by Crippen LogP contribution is 2.30. The zero-order valence-corrected chi connectivity index (χ0v) is 16.4. The van der Waals surface area contributed by atoms with Gasteiger partial charge < -0.3 is 15.2 Å². The largest absolute Gasteiger partial charge is 0.371 e. The van der Waals surface area contributed by atoms with Gasteiger partial charge in [-0.2, -0.15) is 0 Å². The van der Waals surface area contributed by atoms with Crippen molar-refractivity contribution >= 4 is 27.3 Å². The molecule has 2 aromatic heterocycles. The van der Waals surface area contributed by atoms with Gasteiger partial charge in [-0.1, -0.05) is 30.6 Å². The number of nitrogens with one attached hydrogen (secondary N) is 3. The summed E-state index contributed by atoms with van der Waals surface area (Å²) in [5, 5.41) is 3.50. The molecule has 3 aromatic rings. The number of hydrogen-bond acceptors (Lipinski definition) is 5. The molecule has 1 fully saturated rings. The van der Waals surface area contributed by atoms with Crippen LogP contribution < -0.4 is 21.3 Å². The molecule has 4 rings (SSSR count). The number of H-pyrrole nitrogens is 2. The van der Waals surface area contributed by atoms with Crippen molar-refractivity contribution in [2.24, 2.45) is 5.92 Å². The average Bonchev–Trinajstić information content (AvgIpc) is 3.30. The first-order valence-corrected chi connectivity index (χ1v) is 10.2. The summed E-state index contributed by atoms with van der Waals surface area (Å²) in [6.45, 7) is 5.24. The monoisotopic (exact) mass is 384 g/mol. The third-order valence-corrected chi connectivity index (χ3v) is 6.34. The second-order valence-corrected chi connectivity index (χ2v) is 7.92. The summed E-state index contributed by atoms with van der Waals surface area (Å²) in [5.41, 5.74) is 3.38. The highest BCUT2D eigenvalue weighted by atomic mass is 32.1. The topological polar surface area (TPSA) is 81.0 Å². The normalized spacial score (nSPS) is 17.1. The summed E-state index contributed by atoms with van der Waals surface area (Å²) in [4.78, 5) is 29.7. The van der Waals surface area contributed by atoms with Gasteiger partial charge in [0.15, 0.2) is 0 Å². The molecule has 3 N–H and O–H groups in total. The molecule has 1 saturated heterocycles. The number of aromatic amines is 2. The Morgan fingerprint density at radius 1 is 1.22 bits per heavy atom. The van der Waals surface area contributed by atoms with E-state index in [4.69, 9.17) is 0 Å². The molecule has 1 aliphatic heterocycles. The van der Waals surface area contributed by atoms with Crippen LogP contribution in [-0.4, -0.2) is 36.0 Å². The number of pyridine rings is 1. The Balaban J connectivity index is 1.69. The van der Waals surface area contributed by atoms with Crippen molar-refractivity contribution < 1.29 is 0 Å². The van der Waals surface area contributed by atoms with Gasteiger partial charge in [-0.25, -0.2) is 0 Å². The molecule has 0 bridgehead atoms. The summed E-state index contributed by atoms with van der Waals surface area (Å²) in [6, 6.07) is 8.37. The highest BCUT2D eigenvalue weighted by molar-refractivity contribution is 7.13. The van der Waals surface area contributed by atoms with Crippen LogP contribution in [0, 0.1) is 5.92 Å². The third-order valence-electron chi connectivity index (χ3n) is 5.39. The predicted octanol–water partition coefficient (Wildman–Crippen LogP) is 2.55. The van der Waals surface area contributed by atoms with Crippen molar-refractivity contribution in [1.82, 2.24) is 14.7 Å². The van der Waals surface area contributed by atoms with Crippen LogP contribution in [0.25, 0.3) is 21.3 Å². The molecular formula is C20H24N4O2S. The zero-order chi connectivity index (χ0) is 19.0. The van der Waals surface area contributed by atoms with E-state index in [1.54, 1.807) is 0 Å². The van der Waals surface area contributed by atoms with Crippen molar-refractivity contribution in [3.8, 4) is 11.3 Å². The maximum Gasteiger partial charge on any atom is 0.271 e. The lowest BCUT2D eigenvalue weighted by atomic mass is 10.0. The Labute approximate surface area is 161 Å². The van der Waals surface area contributed by atoms with Gasteiger partial charge in [0, 0.05) is 18.8 Å². The maximum atomic E-state index is 12.4. The smallest absolute Gasteiger partial charge is 0.271 e. The van der Waals surface area contributed by atoms with Crippen LogP contribution in [0.4, 0.5) is 5.69 Å². The lowest BCUT2D eigenvalue weighted by molar-refractivity contribution is 0.549. The molecule has 142 valence electrons. The average molecular weight is 385 g/mol. The molecule has 0 spiro atoms. The fraction of sp³-hybridized carbons (Fsp3) is 0.400. The van der Waals surface area contributed by atoms with Crippen LogP contribution in [0.2, 0.25) is 0 Å². The van der Waals surface area contributed by atoms with Gasteiger partial charge in [-0.05, 0) is 55.6 Å².